The second-order valence-electron chi connectivity index (χ2n) is 7.60. The van der Waals surface area contributed by atoms with Gasteiger partial charge in [-0.2, -0.15) is 0 Å². The molecule has 19 heavy (non-hydrogen) atoms. The highest BCUT2D eigenvalue weighted by atomic mass is 16.3. The molecule has 2 heteroatoms. The lowest BCUT2D eigenvalue weighted by atomic mass is 9.47. The monoisotopic (exact) mass is 259 g/mol. The molecule has 0 spiro atoms. The van der Waals surface area contributed by atoms with Crippen molar-refractivity contribution in [3.8, 4) is 0 Å². The van der Waals surface area contributed by atoms with Gasteiger partial charge in [-0.15, -0.1) is 0 Å². The van der Waals surface area contributed by atoms with E-state index in [0.29, 0.717) is 11.5 Å². The van der Waals surface area contributed by atoms with Crippen LogP contribution < -0.4 is 5.73 Å². The summed E-state index contributed by atoms with van der Waals surface area (Å²) in [5.74, 6) is 5.04. The topological polar surface area (TPSA) is 39.2 Å². The third kappa shape index (κ3) is 1.96. The van der Waals surface area contributed by atoms with E-state index < -0.39 is 0 Å². The Balaban J connectivity index is 1.54. The van der Waals surface area contributed by atoms with Gasteiger partial charge in [0.2, 0.25) is 0 Å². The molecule has 1 atom stereocenters. The fraction of sp³-hybridized carbons (Fsp3) is 0.765. The van der Waals surface area contributed by atoms with E-state index in [1.54, 1.807) is 0 Å². The highest BCUT2D eigenvalue weighted by Gasteiger charge is 2.53. The lowest BCUT2D eigenvalue weighted by Gasteiger charge is -2.59. The van der Waals surface area contributed by atoms with Crippen molar-refractivity contribution in [2.45, 2.75) is 57.9 Å². The first-order valence-electron chi connectivity index (χ1n) is 7.94. The molecule has 0 aliphatic heterocycles. The Kier molecular flexibility index (Phi) is 2.60. The van der Waals surface area contributed by atoms with Gasteiger partial charge in [0.15, 0.2) is 0 Å². The predicted molar refractivity (Wildman–Crippen MR) is 75.7 cm³/mol. The highest BCUT2D eigenvalue weighted by Crippen LogP contribution is 2.61. The Morgan fingerprint density at radius 1 is 1.16 bits per heavy atom. The second kappa shape index (κ2) is 4.12. The summed E-state index contributed by atoms with van der Waals surface area (Å²) in [7, 11) is 0. The van der Waals surface area contributed by atoms with Gasteiger partial charge < -0.3 is 10.2 Å². The van der Waals surface area contributed by atoms with Crippen LogP contribution in [0.15, 0.2) is 16.5 Å². The second-order valence-corrected chi connectivity index (χ2v) is 7.60. The molecule has 1 aromatic rings. The van der Waals surface area contributed by atoms with Crippen LogP contribution in [0.4, 0.5) is 0 Å². The average molecular weight is 259 g/mol. The molecule has 0 saturated heterocycles. The summed E-state index contributed by atoms with van der Waals surface area (Å²) >= 11 is 0. The number of aryl methyl sites for hydroxylation is 1. The first-order chi connectivity index (χ1) is 9.13. The van der Waals surface area contributed by atoms with E-state index in [0.717, 1.165) is 35.7 Å². The maximum atomic E-state index is 6.65. The average Bonchev–Trinajstić information content (AvgIpc) is 2.73. The van der Waals surface area contributed by atoms with Crippen molar-refractivity contribution in [3.05, 3.63) is 23.7 Å². The Hall–Kier alpha value is -0.760. The first-order valence-corrected chi connectivity index (χ1v) is 7.94. The summed E-state index contributed by atoms with van der Waals surface area (Å²) in [6.07, 6.45) is 9.57. The van der Waals surface area contributed by atoms with Crippen LogP contribution >= 0.6 is 0 Å². The zero-order valence-electron chi connectivity index (χ0n) is 11.9. The molecule has 4 fully saturated rings. The van der Waals surface area contributed by atoms with Gasteiger partial charge in [-0.25, -0.2) is 0 Å². The van der Waals surface area contributed by atoms with Gasteiger partial charge in [-0.3, -0.25) is 0 Å². The lowest BCUT2D eigenvalue weighted by molar-refractivity contribution is -0.0674. The van der Waals surface area contributed by atoms with Crippen LogP contribution in [0.5, 0.6) is 0 Å². The molecule has 2 N–H and O–H groups in total. The van der Waals surface area contributed by atoms with Crippen LogP contribution in [-0.2, 0) is 6.42 Å². The lowest BCUT2D eigenvalue weighted by Crippen LogP contribution is -2.55. The van der Waals surface area contributed by atoms with E-state index in [9.17, 15) is 0 Å². The van der Waals surface area contributed by atoms with Crippen LogP contribution in [0.2, 0.25) is 0 Å². The molecule has 4 saturated carbocycles. The summed E-state index contributed by atoms with van der Waals surface area (Å²) in [6, 6.07) is 4.46. The SMILES string of the molecule is Cc1ccc(CC(N)C23CC4CC(CC(C4)C2)C3)o1. The Morgan fingerprint density at radius 2 is 1.74 bits per heavy atom. The standard InChI is InChI=1S/C17H25NO/c1-11-2-3-15(19-11)7-16(18)17-8-12-4-13(9-17)6-14(5-12)10-17/h2-3,12-14,16H,4-10,18H2,1H3. The fourth-order valence-electron chi connectivity index (χ4n) is 5.66. The summed E-state index contributed by atoms with van der Waals surface area (Å²) < 4.78 is 5.74. The molecular weight excluding hydrogens is 234 g/mol. The molecule has 1 unspecified atom stereocenters. The Labute approximate surface area is 115 Å². The summed E-state index contributed by atoms with van der Waals surface area (Å²) in [4.78, 5) is 0. The maximum absolute atomic E-state index is 6.65. The minimum Gasteiger partial charge on any atom is -0.466 e. The molecule has 4 aliphatic carbocycles. The van der Waals surface area contributed by atoms with Crippen molar-refractivity contribution in [1.82, 2.24) is 0 Å². The van der Waals surface area contributed by atoms with E-state index in [1.807, 2.05) is 6.92 Å². The third-order valence-corrected chi connectivity index (χ3v) is 6.09. The van der Waals surface area contributed by atoms with E-state index >= 15 is 0 Å². The van der Waals surface area contributed by atoms with Gasteiger partial charge in [0.25, 0.3) is 0 Å². The van der Waals surface area contributed by atoms with Gasteiger partial charge in [0, 0.05) is 12.5 Å². The van der Waals surface area contributed by atoms with Gasteiger partial charge >= 0.3 is 0 Å². The van der Waals surface area contributed by atoms with E-state index in [1.165, 1.54) is 38.5 Å². The Bertz CT molecular complexity index is 440. The molecule has 4 aliphatic rings. The minimum absolute atomic E-state index is 0.298. The van der Waals surface area contributed by atoms with Crippen molar-refractivity contribution < 1.29 is 4.42 Å². The van der Waals surface area contributed by atoms with Crippen molar-refractivity contribution in [2.75, 3.05) is 0 Å². The van der Waals surface area contributed by atoms with Crippen LogP contribution in [-0.4, -0.2) is 6.04 Å². The molecule has 104 valence electrons. The first kappa shape index (κ1) is 12.0. The van der Waals surface area contributed by atoms with Gasteiger partial charge in [0.05, 0.1) is 0 Å². The zero-order chi connectivity index (χ0) is 13.0. The summed E-state index contributed by atoms with van der Waals surface area (Å²) in [5.41, 5.74) is 7.09. The maximum Gasteiger partial charge on any atom is 0.105 e. The van der Waals surface area contributed by atoms with E-state index in [2.05, 4.69) is 12.1 Å². The Morgan fingerprint density at radius 3 is 2.21 bits per heavy atom. The summed E-state index contributed by atoms with van der Waals surface area (Å²) in [6.45, 7) is 2.01. The number of hydrogen-bond acceptors (Lipinski definition) is 2. The molecule has 2 nitrogen and oxygen atoms in total. The van der Waals surface area contributed by atoms with Gasteiger partial charge in [-0.1, -0.05) is 0 Å². The highest BCUT2D eigenvalue weighted by molar-refractivity contribution is 5.11. The van der Waals surface area contributed by atoms with Crippen LogP contribution in [0, 0.1) is 30.1 Å². The van der Waals surface area contributed by atoms with Crippen LogP contribution in [0.1, 0.15) is 50.0 Å². The number of rotatable bonds is 3. The van der Waals surface area contributed by atoms with Crippen molar-refractivity contribution in [2.24, 2.45) is 28.9 Å². The largest absolute Gasteiger partial charge is 0.466 e. The number of furan rings is 1. The van der Waals surface area contributed by atoms with Crippen LogP contribution in [0.25, 0.3) is 0 Å². The van der Waals surface area contributed by atoms with Gasteiger partial charge in [-0.05, 0) is 80.8 Å². The zero-order valence-corrected chi connectivity index (χ0v) is 11.9. The third-order valence-electron chi connectivity index (χ3n) is 6.09. The number of nitrogens with two attached hydrogens (primary N) is 1. The fourth-order valence-corrected chi connectivity index (χ4v) is 5.66. The molecule has 5 rings (SSSR count). The molecule has 0 amide bonds. The van der Waals surface area contributed by atoms with Crippen molar-refractivity contribution in [3.63, 3.8) is 0 Å². The predicted octanol–water partition coefficient (Wildman–Crippen LogP) is 3.67. The normalized spacial score (nSPS) is 41.7. The molecular formula is C17H25NO. The summed E-state index contributed by atoms with van der Waals surface area (Å²) in [5, 5.41) is 0. The van der Waals surface area contributed by atoms with Crippen LogP contribution in [0.3, 0.4) is 0 Å². The molecule has 0 aromatic carbocycles. The van der Waals surface area contributed by atoms with E-state index in [-0.39, 0.29) is 0 Å². The molecule has 1 aromatic heterocycles. The van der Waals surface area contributed by atoms with E-state index in [4.69, 9.17) is 10.2 Å². The number of hydrogen-bond donors (Lipinski definition) is 1. The quantitative estimate of drug-likeness (QED) is 0.899. The smallest absolute Gasteiger partial charge is 0.105 e. The van der Waals surface area contributed by atoms with Crippen molar-refractivity contribution in [1.29, 1.82) is 0 Å². The molecule has 1 heterocycles. The molecule has 0 radical (unpaired) electrons. The van der Waals surface area contributed by atoms with Gasteiger partial charge in [0.1, 0.15) is 11.5 Å². The van der Waals surface area contributed by atoms with Crippen molar-refractivity contribution >= 4 is 0 Å². The molecule has 4 bridgehead atoms. The minimum atomic E-state index is 0.298.